The molecule has 0 aliphatic carbocycles. The lowest BCUT2D eigenvalue weighted by molar-refractivity contribution is -0.490. The standard InChI is InChI=1S/C13H15N3O2/c1-3-16(12(10-14)13(17)18-4-2)15-11-8-6-5-7-9-11/h5-9H,3-4H2,1-2H3/p+1. The molecule has 0 aromatic heterocycles. The van der Waals surface area contributed by atoms with E-state index in [1.54, 1.807) is 6.92 Å². The summed E-state index contributed by atoms with van der Waals surface area (Å²) >= 11 is 0. The van der Waals surface area contributed by atoms with Gasteiger partial charge in [0.25, 0.3) is 0 Å². The van der Waals surface area contributed by atoms with Crippen LogP contribution < -0.4 is 5.43 Å². The summed E-state index contributed by atoms with van der Waals surface area (Å²) in [6, 6.07) is 11.2. The molecule has 0 bridgehead atoms. The second-order valence-electron chi connectivity index (χ2n) is 3.40. The third kappa shape index (κ3) is 3.59. The lowest BCUT2D eigenvalue weighted by atomic mass is 10.3. The molecule has 0 atom stereocenters. The van der Waals surface area contributed by atoms with Crippen LogP contribution in [-0.4, -0.2) is 29.5 Å². The first kappa shape index (κ1) is 13.7. The molecule has 0 fully saturated rings. The highest BCUT2D eigenvalue weighted by atomic mass is 16.5. The van der Waals surface area contributed by atoms with Crippen LogP contribution in [-0.2, 0) is 9.53 Å². The molecule has 0 amide bonds. The zero-order valence-corrected chi connectivity index (χ0v) is 10.5. The number of para-hydroxylation sites is 1. The van der Waals surface area contributed by atoms with Crippen molar-refractivity contribution in [2.75, 3.05) is 18.6 Å². The van der Waals surface area contributed by atoms with Crippen molar-refractivity contribution in [2.24, 2.45) is 0 Å². The first-order valence-electron chi connectivity index (χ1n) is 5.76. The number of hydrazone groups is 1. The lowest BCUT2D eigenvalue weighted by Gasteiger charge is -2.05. The number of benzene rings is 1. The Balaban J connectivity index is 2.98. The summed E-state index contributed by atoms with van der Waals surface area (Å²) in [4.78, 5) is 11.6. The topological polar surface area (TPSA) is 65.1 Å². The second-order valence-corrected chi connectivity index (χ2v) is 3.40. The van der Waals surface area contributed by atoms with Crippen molar-refractivity contribution in [3.63, 3.8) is 0 Å². The van der Waals surface area contributed by atoms with Crippen LogP contribution in [0, 0.1) is 11.3 Å². The van der Waals surface area contributed by atoms with Crippen molar-refractivity contribution in [1.82, 2.24) is 0 Å². The van der Waals surface area contributed by atoms with E-state index in [0.717, 1.165) is 5.69 Å². The van der Waals surface area contributed by atoms with E-state index in [1.807, 2.05) is 43.3 Å². The van der Waals surface area contributed by atoms with Gasteiger partial charge < -0.3 is 4.74 Å². The number of nitrogens with one attached hydrogen (secondary N) is 1. The van der Waals surface area contributed by atoms with Crippen molar-refractivity contribution >= 4 is 17.4 Å². The van der Waals surface area contributed by atoms with E-state index in [-0.39, 0.29) is 12.3 Å². The number of hydrogen-bond acceptors (Lipinski definition) is 4. The van der Waals surface area contributed by atoms with E-state index in [4.69, 9.17) is 10.00 Å². The van der Waals surface area contributed by atoms with Gasteiger partial charge in [-0.05, 0) is 26.0 Å². The largest absolute Gasteiger partial charge is 0.457 e. The predicted molar refractivity (Wildman–Crippen MR) is 68.1 cm³/mol. The van der Waals surface area contributed by atoms with E-state index in [2.05, 4.69) is 5.43 Å². The van der Waals surface area contributed by atoms with Crippen LogP contribution in [0.25, 0.3) is 0 Å². The summed E-state index contributed by atoms with van der Waals surface area (Å²) in [7, 11) is 0. The number of hydrazine groups is 1. The van der Waals surface area contributed by atoms with Gasteiger partial charge in [0.2, 0.25) is 0 Å². The van der Waals surface area contributed by atoms with Gasteiger partial charge in [-0.1, -0.05) is 22.9 Å². The van der Waals surface area contributed by atoms with Crippen LogP contribution in [0.1, 0.15) is 13.8 Å². The molecule has 1 aromatic rings. The molecule has 0 aliphatic heterocycles. The molecule has 94 valence electrons. The van der Waals surface area contributed by atoms with Crippen LogP contribution in [0.2, 0.25) is 0 Å². The van der Waals surface area contributed by atoms with E-state index >= 15 is 0 Å². The van der Waals surface area contributed by atoms with Gasteiger partial charge in [0.1, 0.15) is 0 Å². The molecular formula is C13H16N3O2+. The Morgan fingerprint density at radius 1 is 1.39 bits per heavy atom. The number of rotatable bonds is 5. The minimum Gasteiger partial charge on any atom is -0.457 e. The summed E-state index contributed by atoms with van der Waals surface area (Å²) in [5, 5.41) is 9.03. The van der Waals surface area contributed by atoms with Gasteiger partial charge in [0.05, 0.1) is 12.3 Å². The average molecular weight is 246 g/mol. The lowest BCUT2D eigenvalue weighted by Crippen LogP contribution is -2.32. The number of ether oxygens (including phenoxy) is 1. The fraction of sp³-hybridized carbons (Fsp3) is 0.308. The summed E-state index contributed by atoms with van der Waals surface area (Å²) in [5.41, 5.74) is 3.74. The summed E-state index contributed by atoms with van der Waals surface area (Å²) in [6.07, 6.45) is 0. The highest BCUT2D eigenvalue weighted by Gasteiger charge is 2.24. The maximum absolute atomic E-state index is 11.6. The highest BCUT2D eigenvalue weighted by Crippen LogP contribution is 2.04. The number of anilines is 1. The number of carbonyl (C=O) groups is 1. The van der Waals surface area contributed by atoms with Gasteiger partial charge in [0, 0.05) is 0 Å². The van der Waals surface area contributed by atoms with Crippen molar-refractivity contribution in [3.8, 4) is 6.07 Å². The zero-order valence-electron chi connectivity index (χ0n) is 10.5. The van der Waals surface area contributed by atoms with E-state index < -0.39 is 5.97 Å². The third-order valence-corrected chi connectivity index (χ3v) is 2.20. The number of esters is 1. The fourth-order valence-electron chi connectivity index (χ4n) is 1.38. The van der Waals surface area contributed by atoms with Crippen molar-refractivity contribution in [2.45, 2.75) is 13.8 Å². The molecule has 1 N–H and O–H groups in total. The Morgan fingerprint density at radius 3 is 2.56 bits per heavy atom. The average Bonchev–Trinajstić information content (AvgIpc) is 2.40. The number of hydrogen-bond donors (Lipinski definition) is 1. The molecule has 1 rings (SSSR count). The summed E-state index contributed by atoms with van der Waals surface area (Å²) in [5.74, 6) is -0.620. The van der Waals surface area contributed by atoms with Crippen LogP contribution in [0.4, 0.5) is 5.69 Å². The van der Waals surface area contributed by atoms with Gasteiger partial charge >= 0.3 is 11.7 Å². The van der Waals surface area contributed by atoms with Gasteiger partial charge in [0.15, 0.2) is 12.6 Å². The van der Waals surface area contributed by atoms with Crippen molar-refractivity contribution in [1.29, 1.82) is 5.26 Å². The molecule has 18 heavy (non-hydrogen) atoms. The smallest absolute Gasteiger partial charge is 0.417 e. The number of carbonyl (C=O) groups excluding carboxylic acids is 1. The number of nitrogens with zero attached hydrogens (tertiary/aromatic N) is 2. The van der Waals surface area contributed by atoms with Crippen LogP contribution in [0.5, 0.6) is 0 Å². The van der Waals surface area contributed by atoms with Gasteiger partial charge in [-0.15, -0.1) is 0 Å². The van der Waals surface area contributed by atoms with Crippen LogP contribution in [0.3, 0.4) is 0 Å². The SMILES string of the molecule is CCOC(=O)C(C#N)=[N+](CC)Nc1ccccc1. The predicted octanol–water partition coefficient (Wildman–Crippen LogP) is 1.57. The Hall–Kier alpha value is -2.35. The Kier molecular flexibility index (Phi) is 5.39. The van der Waals surface area contributed by atoms with Gasteiger partial charge in [-0.2, -0.15) is 10.7 Å². The van der Waals surface area contributed by atoms with E-state index in [9.17, 15) is 4.79 Å². The van der Waals surface area contributed by atoms with E-state index in [0.29, 0.717) is 6.54 Å². The molecule has 0 saturated heterocycles. The quantitative estimate of drug-likeness (QED) is 0.371. The molecular weight excluding hydrogens is 230 g/mol. The Labute approximate surface area is 106 Å². The number of nitriles is 1. The minimum atomic E-state index is -0.620. The third-order valence-electron chi connectivity index (χ3n) is 2.20. The molecule has 0 aliphatic rings. The maximum atomic E-state index is 11.6. The molecule has 0 saturated carbocycles. The maximum Gasteiger partial charge on any atom is 0.417 e. The zero-order chi connectivity index (χ0) is 13.4. The Bertz CT molecular complexity index is 475. The van der Waals surface area contributed by atoms with Crippen LogP contribution in [0.15, 0.2) is 30.3 Å². The summed E-state index contributed by atoms with van der Waals surface area (Å²) < 4.78 is 6.30. The molecule has 1 aromatic carbocycles. The first-order chi connectivity index (χ1) is 8.72. The highest BCUT2D eigenvalue weighted by molar-refractivity contribution is 6.40. The normalized spacial score (nSPS) is 11.2. The van der Waals surface area contributed by atoms with Gasteiger partial charge in [-0.3, -0.25) is 0 Å². The van der Waals surface area contributed by atoms with Crippen LogP contribution >= 0.6 is 0 Å². The fourth-order valence-corrected chi connectivity index (χ4v) is 1.38. The molecule has 5 nitrogen and oxygen atoms in total. The first-order valence-corrected chi connectivity index (χ1v) is 5.76. The summed E-state index contributed by atoms with van der Waals surface area (Å²) in [6.45, 7) is 4.25. The van der Waals surface area contributed by atoms with Gasteiger partial charge in [-0.25, -0.2) is 4.79 Å². The molecule has 0 unspecified atom stereocenters. The van der Waals surface area contributed by atoms with E-state index in [1.165, 1.54) is 4.68 Å². The molecule has 0 spiro atoms. The molecule has 5 heteroatoms. The second kappa shape index (κ2) is 7.07. The van der Waals surface area contributed by atoms with Crippen molar-refractivity contribution in [3.05, 3.63) is 30.3 Å². The Morgan fingerprint density at radius 2 is 2.06 bits per heavy atom. The van der Waals surface area contributed by atoms with Crippen molar-refractivity contribution < 1.29 is 14.2 Å². The molecule has 0 heterocycles. The monoisotopic (exact) mass is 246 g/mol. The minimum absolute atomic E-state index is 0.0526. The molecule has 0 radical (unpaired) electrons.